The van der Waals surface area contributed by atoms with Gasteiger partial charge in [0, 0.05) is 38.1 Å². The SMILES string of the molecule is CC(C)Nc1cc(N(C)CCc2ccncc2)ncn1. The van der Waals surface area contributed by atoms with E-state index in [2.05, 4.69) is 39.0 Å². The molecule has 1 N–H and O–H groups in total. The topological polar surface area (TPSA) is 53.9 Å². The van der Waals surface area contributed by atoms with Crippen LogP contribution < -0.4 is 10.2 Å². The molecule has 0 aliphatic rings. The molecule has 0 radical (unpaired) electrons. The summed E-state index contributed by atoms with van der Waals surface area (Å²) in [5.74, 6) is 1.79. The maximum absolute atomic E-state index is 4.32. The standard InChI is InChI=1S/C15H21N5/c1-12(2)19-14-10-15(18-11-17-14)20(3)9-6-13-4-7-16-8-5-13/h4-5,7-8,10-12H,6,9H2,1-3H3,(H,17,18,19). The number of anilines is 2. The van der Waals surface area contributed by atoms with Gasteiger partial charge in [-0.05, 0) is 38.0 Å². The fourth-order valence-electron chi connectivity index (χ4n) is 1.89. The average molecular weight is 271 g/mol. The summed E-state index contributed by atoms with van der Waals surface area (Å²) >= 11 is 0. The van der Waals surface area contributed by atoms with E-state index >= 15 is 0 Å². The van der Waals surface area contributed by atoms with Gasteiger partial charge in [0.1, 0.15) is 18.0 Å². The van der Waals surface area contributed by atoms with Crippen molar-refractivity contribution in [2.45, 2.75) is 26.3 Å². The first-order valence-corrected chi connectivity index (χ1v) is 6.84. The van der Waals surface area contributed by atoms with Crippen LogP contribution in [0.4, 0.5) is 11.6 Å². The molecule has 0 unspecified atom stereocenters. The van der Waals surface area contributed by atoms with Crippen LogP contribution in [0, 0.1) is 0 Å². The molecule has 0 aliphatic carbocycles. The van der Waals surface area contributed by atoms with Gasteiger partial charge in [-0.1, -0.05) is 0 Å². The van der Waals surface area contributed by atoms with Crippen molar-refractivity contribution in [3.63, 3.8) is 0 Å². The van der Waals surface area contributed by atoms with Crippen molar-refractivity contribution in [2.75, 3.05) is 23.8 Å². The van der Waals surface area contributed by atoms with Gasteiger partial charge in [0.15, 0.2) is 0 Å². The minimum atomic E-state index is 0.361. The van der Waals surface area contributed by atoms with Gasteiger partial charge >= 0.3 is 0 Å². The lowest BCUT2D eigenvalue weighted by Gasteiger charge is -2.19. The van der Waals surface area contributed by atoms with Crippen LogP contribution in [0.3, 0.4) is 0 Å². The zero-order valence-corrected chi connectivity index (χ0v) is 12.2. The summed E-state index contributed by atoms with van der Waals surface area (Å²) in [6, 6.07) is 6.42. The number of hydrogen-bond acceptors (Lipinski definition) is 5. The van der Waals surface area contributed by atoms with Crippen LogP contribution in [0.2, 0.25) is 0 Å². The molecule has 106 valence electrons. The second-order valence-corrected chi connectivity index (χ2v) is 5.09. The Morgan fingerprint density at radius 2 is 1.95 bits per heavy atom. The molecule has 2 rings (SSSR count). The molecule has 0 fully saturated rings. The second-order valence-electron chi connectivity index (χ2n) is 5.09. The van der Waals surface area contributed by atoms with Gasteiger partial charge in [-0.3, -0.25) is 4.98 Å². The highest BCUT2D eigenvalue weighted by molar-refractivity contribution is 5.48. The average Bonchev–Trinajstić information content (AvgIpc) is 2.45. The lowest BCUT2D eigenvalue weighted by atomic mass is 10.2. The number of likely N-dealkylation sites (N-methyl/N-ethyl adjacent to an activating group) is 1. The molecule has 0 atom stereocenters. The number of hydrogen-bond donors (Lipinski definition) is 1. The Bertz CT molecular complexity index is 527. The molecular weight excluding hydrogens is 250 g/mol. The van der Waals surface area contributed by atoms with Gasteiger partial charge in [-0.2, -0.15) is 0 Å². The summed E-state index contributed by atoms with van der Waals surface area (Å²) in [4.78, 5) is 14.7. The minimum Gasteiger partial charge on any atom is -0.368 e. The number of pyridine rings is 1. The second kappa shape index (κ2) is 6.84. The molecule has 5 heteroatoms. The number of nitrogens with zero attached hydrogens (tertiary/aromatic N) is 4. The molecule has 2 heterocycles. The molecule has 0 aromatic carbocycles. The van der Waals surface area contributed by atoms with Crippen LogP contribution in [0.25, 0.3) is 0 Å². The number of aromatic nitrogens is 3. The third-order valence-corrected chi connectivity index (χ3v) is 2.97. The van der Waals surface area contributed by atoms with Crippen molar-refractivity contribution in [2.24, 2.45) is 0 Å². The third kappa shape index (κ3) is 4.19. The first-order valence-electron chi connectivity index (χ1n) is 6.84. The first kappa shape index (κ1) is 14.2. The fourth-order valence-corrected chi connectivity index (χ4v) is 1.89. The Morgan fingerprint density at radius 3 is 2.65 bits per heavy atom. The van der Waals surface area contributed by atoms with E-state index < -0.39 is 0 Å². The van der Waals surface area contributed by atoms with E-state index in [1.54, 1.807) is 6.33 Å². The van der Waals surface area contributed by atoms with Gasteiger partial charge in [-0.25, -0.2) is 9.97 Å². The summed E-state index contributed by atoms with van der Waals surface area (Å²) in [6.07, 6.45) is 6.22. The molecule has 0 aliphatic heterocycles. The Kier molecular flexibility index (Phi) is 4.87. The van der Waals surface area contributed by atoms with Crippen LogP contribution in [0.15, 0.2) is 36.9 Å². The zero-order valence-electron chi connectivity index (χ0n) is 12.2. The monoisotopic (exact) mass is 271 g/mol. The molecule has 0 spiro atoms. The van der Waals surface area contributed by atoms with Crippen molar-refractivity contribution in [3.8, 4) is 0 Å². The zero-order chi connectivity index (χ0) is 14.4. The molecule has 2 aromatic heterocycles. The van der Waals surface area contributed by atoms with E-state index in [0.717, 1.165) is 24.6 Å². The van der Waals surface area contributed by atoms with Crippen molar-refractivity contribution in [1.29, 1.82) is 0 Å². The van der Waals surface area contributed by atoms with Crippen LogP contribution in [0.5, 0.6) is 0 Å². The van der Waals surface area contributed by atoms with E-state index in [9.17, 15) is 0 Å². The highest BCUT2D eigenvalue weighted by atomic mass is 15.2. The van der Waals surface area contributed by atoms with Gasteiger partial charge in [-0.15, -0.1) is 0 Å². The normalized spacial score (nSPS) is 10.6. The Morgan fingerprint density at radius 1 is 1.20 bits per heavy atom. The fraction of sp³-hybridized carbons (Fsp3) is 0.400. The summed E-state index contributed by atoms with van der Waals surface area (Å²) in [5.41, 5.74) is 1.28. The van der Waals surface area contributed by atoms with Crippen LogP contribution in [-0.4, -0.2) is 34.6 Å². The largest absolute Gasteiger partial charge is 0.368 e. The van der Waals surface area contributed by atoms with E-state index in [0.29, 0.717) is 6.04 Å². The van der Waals surface area contributed by atoms with E-state index in [4.69, 9.17) is 0 Å². The van der Waals surface area contributed by atoms with Gasteiger partial charge < -0.3 is 10.2 Å². The molecular formula is C15H21N5. The Labute approximate surface area is 120 Å². The summed E-state index contributed by atoms with van der Waals surface area (Å²) in [7, 11) is 2.04. The van der Waals surface area contributed by atoms with Crippen LogP contribution in [0.1, 0.15) is 19.4 Å². The van der Waals surface area contributed by atoms with Crippen molar-refractivity contribution in [1.82, 2.24) is 15.0 Å². The summed E-state index contributed by atoms with van der Waals surface area (Å²) < 4.78 is 0. The predicted octanol–water partition coefficient (Wildman–Crippen LogP) is 2.37. The van der Waals surface area contributed by atoms with E-state index in [1.165, 1.54) is 5.56 Å². The smallest absolute Gasteiger partial charge is 0.133 e. The molecule has 0 saturated heterocycles. The van der Waals surface area contributed by atoms with E-state index in [1.807, 2.05) is 37.6 Å². The van der Waals surface area contributed by atoms with E-state index in [-0.39, 0.29) is 0 Å². The maximum Gasteiger partial charge on any atom is 0.133 e. The van der Waals surface area contributed by atoms with Gasteiger partial charge in [0.05, 0.1) is 0 Å². The molecule has 2 aromatic rings. The molecule has 0 saturated carbocycles. The first-order chi connectivity index (χ1) is 9.65. The minimum absolute atomic E-state index is 0.361. The highest BCUT2D eigenvalue weighted by Crippen LogP contribution is 2.13. The lowest BCUT2D eigenvalue weighted by Crippen LogP contribution is -2.22. The Balaban J connectivity index is 1.96. The Hall–Kier alpha value is -2.17. The lowest BCUT2D eigenvalue weighted by molar-refractivity contribution is 0.848. The number of nitrogens with one attached hydrogen (secondary N) is 1. The van der Waals surface area contributed by atoms with Crippen molar-refractivity contribution in [3.05, 3.63) is 42.5 Å². The molecule has 0 amide bonds. The van der Waals surface area contributed by atoms with Crippen molar-refractivity contribution >= 4 is 11.6 Å². The molecule has 0 bridgehead atoms. The molecule has 5 nitrogen and oxygen atoms in total. The summed E-state index contributed by atoms with van der Waals surface area (Å²) in [6.45, 7) is 5.09. The maximum atomic E-state index is 4.32. The quantitative estimate of drug-likeness (QED) is 0.874. The highest BCUT2D eigenvalue weighted by Gasteiger charge is 2.05. The molecule has 20 heavy (non-hydrogen) atoms. The van der Waals surface area contributed by atoms with Gasteiger partial charge in [0.25, 0.3) is 0 Å². The van der Waals surface area contributed by atoms with Crippen molar-refractivity contribution < 1.29 is 0 Å². The van der Waals surface area contributed by atoms with Crippen LogP contribution in [-0.2, 0) is 6.42 Å². The third-order valence-electron chi connectivity index (χ3n) is 2.97. The number of rotatable bonds is 6. The predicted molar refractivity (Wildman–Crippen MR) is 82.0 cm³/mol. The van der Waals surface area contributed by atoms with Crippen LogP contribution >= 0.6 is 0 Å². The van der Waals surface area contributed by atoms with Gasteiger partial charge in [0.2, 0.25) is 0 Å². The summed E-state index contributed by atoms with van der Waals surface area (Å²) in [5, 5.41) is 3.29.